The van der Waals surface area contributed by atoms with Crippen LogP contribution in [0.3, 0.4) is 0 Å². The minimum atomic E-state index is 0.569. The van der Waals surface area contributed by atoms with Gasteiger partial charge in [0.15, 0.2) is 5.75 Å². The predicted octanol–water partition coefficient (Wildman–Crippen LogP) is 4.10. The Bertz CT molecular complexity index is 527. The Kier molecular flexibility index (Phi) is 3.05. The van der Waals surface area contributed by atoms with Crippen LogP contribution in [0.15, 0.2) is 36.7 Å². The average molecular weight is 242 g/mol. The van der Waals surface area contributed by atoms with E-state index in [1.165, 1.54) is 25.7 Å². The lowest BCUT2D eigenvalue weighted by molar-refractivity contribution is 0.455. The molecule has 0 spiro atoms. The maximum atomic E-state index is 5.87. The molecule has 94 valence electrons. The van der Waals surface area contributed by atoms with Crippen LogP contribution in [0.2, 0.25) is 0 Å². The number of para-hydroxylation sites is 1. The summed E-state index contributed by atoms with van der Waals surface area (Å²) < 4.78 is 7.92. The van der Waals surface area contributed by atoms with E-state index in [1.54, 1.807) is 0 Å². The second-order valence-electron chi connectivity index (χ2n) is 4.96. The van der Waals surface area contributed by atoms with Crippen molar-refractivity contribution in [3.8, 4) is 11.5 Å². The number of hydrogen-bond acceptors (Lipinski definition) is 2. The van der Waals surface area contributed by atoms with Gasteiger partial charge in [0.05, 0.1) is 18.4 Å². The number of aromatic nitrogens is 2. The van der Waals surface area contributed by atoms with Gasteiger partial charge in [-0.25, -0.2) is 0 Å². The first-order valence-electron chi connectivity index (χ1n) is 6.60. The quantitative estimate of drug-likeness (QED) is 0.810. The smallest absolute Gasteiger partial charge is 0.165 e. The van der Waals surface area contributed by atoms with Crippen LogP contribution >= 0.6 is 0 Å². The SMILES string of the molecule is Cc1ccccc1Oc1cnn(C2CCCC2)c1. The molecular weight excluding hydrogens is 224 g/mol. The highest BCUT2D eigenvalue weighted by molar-refractivity contribution is 5.35. The van der Waals surface area contributed by atoms with Gasteiger partial charge in [-0.1, -0.05) is 31.0 Å². The zero-order chi connectivity index (χ0) is 12.4. The van der Waals surface area contributed by atoms with Crippen molar-refractivity contribution in [2.75, 3.05) is 0 Å². The summed E-state index contributed by atoms with van der Waals surface area (Å²) in [6.07, 6.45) is 8.95. The molecule has 1 aliphatic rings. The molecule has 1 aliphatic carbocycles. The molecule has 0 amide bonds. The molecule has 0 unspecified atom stereocenters. The van der Waals surface area contributed by atoms with Crippen molar-refractivity contribution in [2.45, 2.75) is 38.6 Å². The van der Waals surface area contributed by atoms with Gasteiger partial charge in [0.2, 0.25) is 0 Å². The Hall–Kier alpha value is -1.77. The molecule has 3 heteroatoms. The van der Waals surface area contributed by atoms with Gasteiger partial charge in [-0.15, -0.1) is 0 Å². The number of aryl methyl sites for hydroxylation is 1. The Morgan fingerprint density at radius 3 is 2.78 bits per heavy atom. The lowest BCUT2D eigenvalue weighted by Gasteiger charge is -2.08. The van der Waals surface area contributed by atoms with E-state index >= 15 is 0 Å². The van der Waals surface area contributed by atoms with Crippen molar-refractivity contribution >= 4 is 0 Å². The zero-order valence-corrected chi connectivity index (χ0v) is 10.7. The highest BCUT2D eigenvalue weighted by Gasteiger charge is 2.17. The molecule has 1 aromatic heterocycles. The van der Waals surface area contributed by atoms with E-state index in [-0.39, 0.29) is 0 Å². The summed E-state index contributed by atoms with van der Waals surface area (Å²) >= 11 is 0. The van der Waals surface area contributed by atoms with Crippen LogP contribution in [0.5, 0.6) is 11.5 Å². The number of ether oxygens (including phenoxy) is 1. The molecule has 3 rings (SSSR count). The molecule has 3 nitrogen and oxygen atoms in total. The van der Waals surface area contributed by atoms with Crippen molar-refractivity contribution in [2.24, 2.45) is 0 Å². The van der Waals surface area contributed by atoms with Gasteiger partial charge in [0.25, 0.3) is 0 Å². The maximum Gasteiger partial charge on any atom is 0.165 e. The first kappa shape index (κ1) is 11.3. The number of benzene rings is 1. The Labute approximate surface area is 107 Å². The summed E-state index contributed by atoms with van der Waals surface area (Å²) in [6.45, 7) is 2.05. The molecule has 0 bridgehead atoms. The Morgan fingerprint density at radius 1 is 1.22 bits per heavy atom. The van der Waals surface area contributed by atoms with E-state index in [0.717, 1.165) is 17.1 Å². The summed E-state index contributed by atoms with van der Waals surface area (Å²) in [5, 5.41) is 4.42. The predicted molar refractivity (Wildman–Crippen MR) is 71.0 cm³/mol. The second-order valence-corrected chi connectivity index (χ2v) is 4.96. The van der Waals surface area contributed by atoms with Gasteiger partial charge in [0.1, 0.15) is 5.75 Å². The monoisotopic (exact) mass is 242 g/mol. The topological polar surface area (TPSA) is 27.1 Å². The van der Waals surface area contributed by atoms with Crippen LogP contribution in [0.25, 0.3) is 0 Å². The van der Waals surface area contributed by atoms with E-state index in [0.29, 0.717) is 6.04 Å². The first-order valence-corrected chi connectivity index (χ1v) is 6.60. The molecule has 1 saturated carbocycles. The van der Waals surface area contributed by atoms with Gasteiger partial charge in [-0.05, 0) is 31.4 Å². The van der Waals surface area contributed by atoms with Crippen LogP contribution in [0.4, 0.5) is 0 Å². The van der Waals surface area contributed by atoms with E-state index in [2.05, 4.69) is 22.8 Å². The second kappa shape index (κ2) is 4.84. The summed E-state index contributed by atoms with van der Waals surface area (Å²) in [4.78, 5) is 0. The summed E-state index contributed by atoms with van der Waals surface area (Å²) in [5.41, 5.74) is 1.14. The number of hydrogen-bond donors (Lipinski definition) is 0. The van der Waals surface area contributed by atoms with Crippen molar-refractivity contribution in [3.05, 3.63) is 42.2 Å². The summed E-state index contributed by atoms with van der Waals surface area (Å²) in [5.74, 6) is 1.74. The number of rotatable bonds is 3. The molecule has 18 heavy (non-hydrogen) atoms. The third-order valence-corrected chi connectivity index (χ3v) is 3.60. The molecule has 0 atom stereocenters. The molecule has 0 saturated heterocycles. The lowest BCUT2D eigenvalue weighted by Crippen LogP contribution is -2.04. The zero-order valence-electron chi connectivity index (χ0n) is 10.7. The number of nitrogens with zero attached hydrogens (tertiary/aromatic N) is 2. The van der Waals surface area contributed by atoms with Crippen LogP contribution < -0.4 is 4.74 Å². The normalized spacial score (nSPS) is 16.1. The first-order chi connectivity index (χ1) is 8.83. The van der Waals surface area contributed by atoms with Crippen molar-refractivity contribution in [1.29, 1.82) is 0 Å². The van der Waals surface area contributed by atoms with Crippen molar-refractivity contribution in [3.63, 3.8) is 0 Å². The van der Waals surface area contributed by atoms with Gasteiger partial charge in [0, 0.05) is 0 Å². The fraction of sp³-hybridized carbons (Fsp3) is 0.400. The fourth-order valence-corrected chi connectivity index (χ4v) is 2.54. The minimum absolute atomic E-state index is 0.569. The third-order valence-electron chi connectivity index (χ3n) is 3.60. The molecule has 0 N–H and O–H groups in total. The summed E-state index contributed by atoms with van der Waals surface area (Å²) in [7, 11) is 0. The maximum absolute atomic E-state index is 5.87. The molecule has 1 fully saturated rings. The highest BCUT2D eigenvalue weighted by atomic mass is 16.5. The molecule has 1 aromatic carbocycles. The van der Waals surface area contributed by atoms with Crippen LogP contribution in [-0.2, 0) is 0 Å². The summed E-state index contributed by atoms with van der Waals surface area (Å²) in [6, 6.07) is 8.62. The van der Waals surface area contributed by atoms with Crippen molar-refractivity contribution < 1.29 is 4.74 Å². The van der Waals surface area contributed by atoms with Crippen LogP contribution in [-0.4, -0.2) is 9.78 Å². The van der Waals surface area contributed by atoms with Gasteiger partial charge in [-0.2, -0.15) is 5.10 Å². The largest absolute Gasteiger partial charge is 0.454 e. The van der Waals surface area contributed by atoms with E-state index in [4.69, 9.17) is 4.74 Å². The molecule has 0 radical (unpaired) electrons. The highest BCUT2D eigenvalue weighted by Crippen LogP contribution is 2.31. The fourth-order valence-electron chi connectivity index (χ4n) is 2.54. The van der Waals surface area contributed by atoms with Crippen LogP contribution in [0, 0.1) is 6.92 Å². The van der Waals surface area contributed by atoms with Crippen molar-refractivity contribution in [1.82, 2.24) is 9.78 Å². The van der Waals surface area contributed by atoms with E-state index in [9.17, 15) is 0 Å². The third kappa shape index (κ3) is 2.26. The van der Waals surface area contributed by atoms with Gasteiger partial charge >= 0.3 is 0 Å². The minimum Gasteiger partial charge on any atom is -0.454 e. The Balaban J connectivity index is 1.75. The average Bonchev–Trinajstić information content (AvgIpc) is 3.02. The van der Waals surface area contributed by atoms with Gasteiger partial charge in [-0.3, -0.25) is 4.68 Å². The molecular formula is C15H18N2O. The van der Waals surface area contributed by atoms with E-state index < -0.39 is 0 Å². The molecule has 0 aliphatic heterocycles. The van der Waals surface area contributed by atoms with Crippen LogP contribution in [0.1, 0.15) is 37.3 Å². The lowest BCUT2D eigenvalue weighted by atomic mass is 10.2. The molecule has 1 heterocycles. The van der Waals surface area contributed by atoms with Gasteiger partial charge < -0.3 is 4.74 Å². The standard InChI is InChI=1S/C15H18N2O/c1-12-6-2-5-9-15(12)18-14-10-16-17(11-14)13-7-3-4-8-13/h2,5-6,9-11,13H,3-4,7-8H2,1H3. The molecule has 2 aromatic rings. The van der Waals surface area contributed by atoms with E-state index in [1.807, 2.05) is 30.6 Å². The Morgan fingerprint density at radius 2 is 2.00 bits per heavy atom.